The summed E-state index contributed by atoms with van der Waals surface area (Å²) in [5.74, 6) is 0. The number of halogens is 4. The molecule has 2 heterocycles. The topological polar surface area (TPSA) is 33.6 Å². The Balaban J connectivity index is 2.33. The minimum Gasteiger partial charge on any atom is -0.329 e. The van der Waals surface area contributed by atoms with Crippen molar-refractivity contribution in [3.8, 4) is 5.69 Å². The number of nitrogens with one attached hydrogen (secondary N) is 1. The monoisotopic (exact) mass is 329 g/mol. The van der Waals surface area contributed by atoms with Gasteiger partial charge < -0.3 is 4.98 Å². The van der Waals surface area contributed by atoms with Gasteiger partial charge in [0.2, 0.25) is 0 Å². The standard InChI is InChI=1S/C13H7ClF3N3S/c14-8-4-3-7(13(15,16)17)6-10(8)20-11-9(19-12(20)21)2-1-5-18-11/h1-6H,(H,19,21). The zero-order valence-corrected chi connectivity index (χ0v) is 11.9. The molecule has 0 spiro atoms. The quantitative estimate of drug-likeness (QED) is 0.653. The molecule has 2 aromatic heterocycles. The molecule has 21 heavy (non-hydrogen) atoms. The minimum absolute atomic E-state index is 0.140. The molecular weight excluding hydrogens is 323 g/mol. The van der Waals surface area contributed by atoms with E-state index in [0.717, 1.165) is 12.1 Å². The summed E-state index contributed by atoms with van der Waals surface area (Å²) in [5.41, 5.74) is 0.384. The molecule has 0 aliphatic carbocycles. The van der Waals surface area contributed by atoms with Gasteiger partial charge in [0.05, 0.1) is 21.8 Å². The van der Waals surface area contributed by atoms with Gasteiger partial charge in [-0.2, -0.15) is 13.2 Å². The Morgan fingerprint density at radius 3 is 2.71 bits per heavy atom. The van der Waals surface area contributed by atoms with E-state index in [1.54, 1.807) is 12.1 Å². The Morgan fingerprint density at radius 1 is 1.24 bits per heavy atom. The molecule has 0 saturated carbocycles. The highest BCUT2D eigenvalue weighted by Gasteiger charge is 2.31. The summed E-state index contributed by atoms with van der Waals surface area (Å²) in [7, 11) is 0. The number of pyridine rings is 1. The summed E-state index contributed by atoms with van der Waals surface area (Å²) in [6.07, 6.45) is -2.93. The van der Waals surface area contributed by atoms with E-state index >= 15 is 0 Å². The number of nitrogens with zero attached hydrogens (tertiary/aromatic N) is 2. The second kappa shape index (κ2) is 4.85. The second-order valence-corrected chi connectivity index (χ2v) is 5.10. The predicted octanol–water partition coefficient (Wildman–Crippen LogP) is 4.76. The maximum absolute atomic E-state index is 12.9. The van der Waals surface area contributed by atoms with Crippen LogP contribution in [0.1, 0.15) is 5.56 Å². The lowest BCUT2D eigenvalue weighted by Gasteiger charge is -2.11. The van der Waals surface area contributed by atoms with Crippen molar-refractivity contribution < 1.29 is 13.2 Å². The van der Waals surface area contributed by atoms with Crippen LogP contribution in [-0.2, 0) is 6.18 Å². The molecular formula is C13H7ClF3N3S. The fourth-order valence-corrected chi connectivity index (χ4v) is 2.52. The van der Waals surface area contributed by atoms with E-state index < -0.39 is 11.7 Å². The number of benzene rings is 1. The van der Waals surface area contributed by atoms with Gasteiger partial charge in [-0.15, -0.1) is 0 Å². The van der Waals surface area contributed by atoms with Gasteiger partial charge in [-0.1, -0.05) is 11.6 Å². The Labute approximate surface area is 127 Å². The predicted molar refractivity (Wildman–Crippen MR) is 76.3 cm³/mol. The van der Waals surface area contributed by atoms with E-state index in [-0.39, 0.29) is 15.5 Å². The average Bonchev–Trinajstić information content (AvgIpc) is 2.74. The number of hydrogen-bond donors (Lipinski definition) is 1. The van der Waals surface area contributed by atoms with E-state index in [9.17, 15) is 13.2 Å². The molecule has 8 heteroatoms. The molecule has 0 unspecified atom stereocenters. The number of aromatic nitrogens is 3. The first-order valence-electron chi connectivity index (χ1n) is 5.81. The molecule has 0 radical (unpaired) electrons. The van der Waals surface area contributed by atoms with Crippen molar-refractivity contribution in [2.24, 2.45) is 0 Å². The van der Waals surface area contributed by atoms with E-state index in [2.05, 4.69) is 9.97 Å². The molecule has 1 aromatic carbocycles. The lowest BCUT2D eigenvalue weighted by Crippen LogP contribution is -2.07. The van der Waals surface area contributed by atoms with Crippen LogP contribution in [0.2, 0.25) is 5.02 Å². The largest absolute Gasteiger partial charge is 0.416 e. The van der Waals surface area contributed by atoms with Crippen LogP contribution in [0.5, 0.6) is 0 Å². The van der Waals surface area contributed by atoms with Crippen LogP contribution in [0.15, 0.2) is 36.5 Å². The van der Waals surface area contributed by atoms with Crippen molar-refractivity contribution in [3.63, 3.8) is 0 Å². The number of alkyl halides is 3. The Hall–Kier alpha value is -1.86. The van der Waals surface area contributed by atoms with E-state index in [4.69, 9.17) is 23.8 Å². The highest BCUT2D eigenvalue weighted by Crippen LogP contribution is 2.34. The molecule has 0 fully saturated rings. The van der Waals surface area contributed by atoms with E-state index in [1.165, 1.54) is 16.8 Å². The Morgan fingerprint density at radius 2 is 2.00 bits per heavy atom. The number of fused-ring (bicyclic) bond motifs is 1. The van der Waals surface area contributed by atoms with Gasteiger partial charge in [0.15, 0.2) is 10.4 Å². The summed E-state index contributed by atoms with van der Waals surface area (Å²) in [6, 6.07) is 6.52. The number of aromatic amines is 1. The summed E-state index contributed by atoms with van der Waals surface area (Å²) in [5, 5.41) is 0.158. The maximum atomic E-state index is 12.9. The fraction of sp³-hybridized carbons (Fsp3) is 0.0769. The van der Waals surface area contributed by atoms with Gasteiger partial charge >= 0.3 is 6.18 Å². The van der Waals surface area contributed by atoms with Crippen molar-refractivity contribution in [2.75, 3.05) is 0 Å². The van der Waals surface area contributed by atoms with Crippen LogP contribution in [0.25, 0.3) is 16.9 Å². The first kappa shape index (κ1) is 14.1. The lowest BCUT2D eigenvalue weighted by atomic mass is 10.2. The van der Waals surface area contributed by atoms with Crippen LogP contribution >= 0.6 is 23.8 Å². The molecule has 0 atom stereocenters. The number of imidazole rings is 1. The van der Waals surface area contributed by atoms with Gasteiger partial charge in [-0.3, -0.25) is 4.57 Å². The minimum atomic E-state index is -4.46. The molecule has 1 N–H and O–H groups in total. The first-order chi connectivity index (χ1) is 9.88. The smallest absolute Gasteiger partial charge is 0.329 e. The van der Waals surface area contributed by atoms with Crippen molar-refractivity contribution in [3.05, 3.63) is 51.9 Å². The molecule has 0 bridgehead atoms. The third-order valence-electron chi connectivity index (χ3n) is 2.96. The number of hydrogen-bond acceptors (Lipinski definition) is 2. The average molecular weight is 330 g/mol. The highest BCUT2D eigenvalue weighted by atomic mass is 35.5. The van der Waals surface area contributed by atoms with Crippen LogP contribution in [0.4, 0.5) is 13.2 Å². The summed E-state index contributed by atoms with van der Waals surface area (Å²) < 4.78 is 40.2. The van der Waals surface area contributed by atoms with E-state index in [1.807, 2.05) is 0 Å². The third-order valence-corrected chi connectivity index (χ3v) is 3.56. The zero-order chi connectivity index (χ0) is 15.2. The van der Waals surface area contributed by atoms with Crippen molar-refractivity contribution in [2.45, 2.75) is 6.18 Å². The third kappa shape index (κ3) is 2.43. The van der Waals surface area contributed by atoms with Crippen molar-refractivity contribution >= 4 is 35.0 Å². The van der Waals surface area contributed by atoms with E-state index in [0.29, 0.717) is 11.2 Å². The normalized spacial score (nSPS) is 12.0. The second-order valence-electron chi connectivity index (χ2n) is 4.30. The highest BCUT2D eigenvalue weighted by molar-refractivity contribution is 7.71. The molecule has 0 aliphatic rings. The van der Waals surface area contributed by atoms with Crippen LogP contribution < -0.4 is 0 Å². The molecule has 3 rings (SSSR count). The van der Waals surface area contributed by atoms with Gasteiger partial charge in [0.25, 0.3) is 0 Å². The molecule has 3 aromatic rings. The van der Waals surface area contributed by atoms with Crippen LogP contribution in [0.3, 0.4) is 0 Å². The van der Waals surface area contributed by atoms with Crippen molar-refractivity contribution in [1.82, 2.24) is 14.5 Å². The molecule has 0 aliphatic heterocycles. The number of rotatable bonds is 1. The lowest BCUT2D eigenvalue weighted by molar-refractivity contribution is -0.137. The zero-order valence-electron chi connectivity index (χ0n) is 10.3. The summed E-state index contributed by atoms with van der Waals surface area (Å²) in [6.45, 7) is 0. The fourth-order valence-electron chi connectivity index (χ4n) is 2.02. The first-order valence-corrected chi connectivity index (χ1v) is 6.59. The SMILES string of the molecule is FC(F)(F)c1ccc(Cl)c(-n2c(=S)[nH]c3cccnc32)c1. The molecule has 0 saturated heterocycles. The molecule has 3 nitrogen and oxygen atoms in total. The summed E-state index contributed by atoms with van der Waals surface area (Å²) in [4.78, 5) is 7.02. The molecule has 0 amide bonds. The molecule has 108 valence electrons. The van der Waals surface area contributed by atoms with Crippen LogP contribution in [0, 0.1) is 4.77 Å². The van der Waals surface area contributed by atoms with Gasteiger partial charge in [-0.05, 0) is 42.5 Å². The maximum Gasteiger partial charge on any atom is 0.416 e. The summed E-state index contributed by atoms with van der Waals surface area (Å²) >= 11 is 11.2. The van der Waals surface area contributed by atoms with Gasteiger partial charge in [0, 0.05) is 6.20 Å². The van der Waals surface area contributed by atoms with Gasteiger partial charge in [-0.25, -0.2) is 4.98 Å². The Bertz CT molecular complexity index is 882. The van der Waals surface area contributed by atoms with Crippen molar-refractivity contribution in [1.29, 1.82) is 0 Å². The van der Waals surface area contributed by atoms with Gasteiger partial charge in [0.1, 0.15) is 0 Å². The number of H-pyrrole nitrogens is 1. The Kier molecular flexibility index (Phi) is 3.26. The van der Waals surface area contributed by atoms with Crippen LogP contribution in [-0.4, -0.2) is 14.5 Å².